The summed E-state index contributed by atoms with van der Waals surface area (Å²) >= 11 is 5.98. The Balaban J connectivity index is 2.08. The summed E-state index contributed by atoms with van der Waals surface area (Å²) in [5.74, 6) is 0.450. The van der Waals surface area contributed by atoms with Crippen LogP contribution >= 0.6 is 11.6 Å². The van der Waals surface area contributed by atoms with Gasteiger partial charge in [0.1, 0.15) is 0 Å². The number of nitrogens with zero attached hydrogens (tertiary/aromatic N) is 2. The molecular formula is C15H19ClN4O2. The number of anilines is 1. The van der Waals surface area contributed by atoms with Crippen molar-refractivity contribution in [2.75, 3.05) is 11.9 Å². The third-order valence-electron chi connectivity index (χ3n) is 3.12. The van der Waals surface area contributed by atoms with E-state index in [1.807, 2.05) is 26.0 Å². The summed E-state index contributed by atoms with van der Waals surface area (Å²) < 4.78 is 1.71. The van der Waals surface area contributed by atoms with Gasteiger partial charge in [0.25, 0.3) is 0 Å². The molecule has 0 bridgehead atoms. The van der Waals surface area contributed by atoms with Crippen molar-refractivity contribution < 1.29 is 9.90 Å². The minimum absolute atomic E-state index is 0.0317. The first-order valence-corrected chi connectivity index (χ1v) is 7.38. The van der Waals surface area contributed by atoms with Crippen LogP contribution in [0.1, 0.15) is 19.0 Å². The summed E-state index contributed by atoms with van der Waals surface area (Å²) in [7, 11) is 0. The van der Waals surface area contributed by atoms with Crippen LogP contribution in [0.4, 0.5) is 10.6 Å². The number of urea groups is 1. The molecule has 0 saturated carbocycles. The van der Waals surface area contributed by atoms with Gasteiger partial charge in [0.05, 0.1) is 5.69 Å². The van der Waals surface area contributed by atoms with E-state index in [-0.39, 0.29) is 18.7 Å². The topological polar surface area (TPSA) is 79.2 Å². The minimum Gasteiger partial charge on any atom is -0.396 e. The third-order valence-corrected chi connectivity index (χ3v) is 3.36. The predicted octanol–water partition coefficient (Wildman–Crippen LogP) is 2.73. The van der Waals surface area contributed by atoms with E-state index in [0.717, 1.165) is 11.4 Å². The summed E-state index contributed by atoms with van der Waals surface area (Å²) in [6.07, 6.45) is 0.503. The molecule has 0 fully saturated rings. The van der Waals surface area contributed by atoms with E-state index >= 15 is 0 Å². The first kappa shape index (κ1) is 16.3. The fraction of sp³-hybridized carbons (Fsp3) is 0.333. The van der Waals surface area contributed by atoms with Gasteiger partial charge in [-0.05, 0) is 38.5 Å². The number of carbonyl (C=O) groups excluding carboxylic acids is 1. The number of halogens is 1. The third kappa shape index (κ3) is 4.22. The minimum atomic E-state index is -0.350. The number of nitrogens with one attached hydrogen (secondary N) is 2. The molecule has 0 saturated heterocycles. The highest BCUT2D eigenvalue weighted by Crippen LogP contribution is 2.18. The van der Waals surface area contributed by atoms with Gasteiger partial charge in [-0.15, -0.1) is 5.10 Å². The van der Waals surface area contributed by atoms with Gasteiger partial charge in [-0.25, -0.2) is 9.48 Å². The number of aromatic nitrogens is 2. The zero-order valence-electron chi connectivity index (χ0n) is 12.5. The van der Waals surface area contributed by atoms with Gasteiger partial charge in [0.15, 0.2) is 5.82 Å². The number of aliphatic hydroxyl groups is 1. The van der Waals surface area contributed by atoms with E-state index in [1.165, 1.54) is 0 Å². The number of aliphatic hydroxyl groups excluding tert-OH is 1. The van der Waals surface area contributed by atoms with Gasteiger partial charge in [-0.3, -0.25) is 5.32 Å². The predicted molar refractivity (Wildman–Crippen MR) is 86.6 cm³/mol. The molecule has 0 aliphatic rings. The van der Waals surface area contributed by atoms with Gasteiger partial charge in [-0.1, -0.05) is 17.7 Å². The maximum Gasteiger partial charge on any atom is 0.320 e. The molecule has 118 valence electrons. The number of benzene rings is 1. The Kier molecular flexibility index (Phi) is 5.41. The average Bonchev–Trinajstić information content (AvgIpc) is 2.79. The standard InChI is InChI=1S/C15H19ClN4O2/c1-10(6-7-21)17-15(22)18-14-8-11(2)20(19-14)13-5-3-4-12(16)9-13/h3-5,8-10,21H,6-7H2,1-2H3,(H2,17,18,19,22). The van der Waals surface area contributed by atoms with Crippen LogP contribution in [0.25, 0.3) is 5.69 Å². The van der Waals surface area contributed by atoms with Crippen molar-refractivity contribution in [3.8, 4) is 5.69 Å². The van der Waals surface area contributed by atoms with Gasteiger partial charge in [0, 0.05) is 29.4 Å². The van der Waals surface area contributed by atoms with Crippen LogP contribution < -0.4 is 10.6 Å². The monoisotopic (exact) mass is 322 g/mol. The molecule has 0 spiro atoms. The first-order chi connectivity index (χ1) is 10.5. The number of hydrogen-bond acceptors (Lipinski definition) is 3. The van der Waals surface area contributed by atoms with Gasteiger partial charge >= 0.3 is 6.03 Å². The molecule has 1 heterocycles. The van der Waals surface area contributed by atoms with E-state index in [4.69, 9.17) is 16.7 Å². The van der Waals surface area contributed by atoms with E-state index in [2.05, 4.69) is 15.7 Å². The van der Waals surface area contributed by atoms with Gasteiger partial charge in [-0.2, -0.15) is 0 Å². The van der Waals surface area contributed by atoms with Gasteiger partial charge in [0.2, 0.25) is 0 Å². The van der Waals surface area contributed by atoms with Crippen molar-refractivity contribution in [3.05, 3.63) is 41.0 Å². The number of amides is 2. The molecule has 1 unspecified atom stereocenters. The lowest BCUT2D eigenvalue weighted by atomic mass is 10.2. The molecule has 3 N–H and O–H groups in total. The molecule has 2 amide bonds. The highest BCUT2D eigenvalue weighted by atomic mass is 35.5. The van der Waals surface area contributed by atoms with Crippen molar-refractivity contribution >= 4 is 23.4 Å². The van der Waals surface area contributed by atoms with Crippen LogP contribution in [0.5, 0.6) is 0 Å². The maximum atomic E-state index is 11.8. The second-order valence-electron chi connectivity index (χ2n) is 5.07. The highest BCUT2D eigenvalue weighted by Gasteiger charge is 2.11. The Morgan fingerprint density at radius 3 is 2.91 bits per heavy atom. The molecule has 0 aliphatic carbocycles. The fourth-order valence-corrected chi connectivity index (χ4v) is 2.23. The number of rotatable bonds is 5. The van der Waals surface area contributed by atoms with Gasteiger partial charge < -0.3 is 10.4 Å². The zero-order valence-corrected chi connectivity index (χ0v) is 13.3. The molecule has 22 heavy (non-hydrogen) atoms. The lowest BCUT2D eigenvalue weighted by molar-refractivity contribution is 0.241. The van der Waals surface area contributed by atoms with E-state index in [1.54, 1.807) is 22.9 Å². The molecule has 6 nitrogen and oxygen atoms in total. The van der Waals surface area contributed by atoms with E-state index in [9.17, 15) is 4.79 Å². The van der Waals surface area contributed by atoms with Crippen molar-refractivity contribution in [1.29, 1.82) is 0 Å². The molecule has 7 heteroatoms. The van der Waals surface area contributed by atoms with Crippen LogP contribution in [0, 0.1) is 6.92 Å². The molecular weight excluding hydrogens is 304 g/mol. The highest BCUT2D eigenvalue weighted by molar-refractivity contribution is 6.30. The molecule has 2 aromatic rings. The SMILES string of the molecule is Cc1cc(NC(=O)NC(C)CCO)nn1-c1cccc(Cl)c1. The van der Waals surface area contributed by atoms with Crippen LogP contribution in [0.15, 0.2) is 30.3 Å². The summed E-state index contributed by atoms with van der Waals surface area (Å²) in [6, 6.07) is 8.64. The summed E-state index contributed by atoms with van der Waals surface area (Å²) in [5.41, 5.74) is 1.70. The summed E-state index contributed by atoms with van der Waals surface area (Å²) in [4.78, 5) is 11.8. The Hall–Kier alpha value is -2.05. The molecule has 1 aromatic carbocycles. The van der Waals surface area contributed by atoms with Crippen molar-refractivity contribution in [3.63, 3.8) is 0 Å². The second-order valence-corrected chi connectivity index (χ2v) is 5.51. The summed E-state index contributed by atoms with van der Waals surface area (Å²) in [6.45, 7) is 3.75. The van der Waals surface area contributed by atoms with Crippen LogP contribution in [0.2, 0.25) is 5.02 Å². The Morgan fingerprint density at radius 2 is 2.23 bits per heavy atom. The van der Waals surface area contributed by atoms with E-state index < -0.39 is 0 Å². The Morgan fingerprint density at radius 1 is 1.45 bits per heavy atom. The fourth-order valence-electron chi connectivity index (χ4n) is 2.05. The lowest BCUT2D eigenvalue weighted by Gasteiger charge is -2.12. The normalized spacial score (nSPS) is 12.0. The molecule has 2 rings (SSSR count). The van der Waals surface area contributed by atoms with Crippen LogP contribution in [0.3, 0.4) is 0 Å². The Labute approximate surface area is 134 Å². The molecule has 0 aliphatic heterocycles. The lowest BCUT2D eigenvalue weighted by Crippen LogP contribution is -2.36. The van der Waals surface area contributed by atoms with Crippen molar-refractivity contribution in [2.24, 2.45) is 0 Å². The smallest absolute Gasteiger partial charge is 0.320 e. The van der Waals surface area contributed by atoms with Crippen molar-refractivity contribution in [2.45, 2.75) is 26.3 Å². The maximum absolute atomic E-state index is 11.8. The molecule has 1 atom stereocenters. The largest absolute Gasteiger partial charge is 0.396 e. The zero-order chi connectivity index (χ0) is 16.1. The second kappa shape index (κ2) is 7.29. The number of aryl methyl sites for hydroxylation is 1. The van der Waals surface area contributed by atoms with Crippen LogP contribution in [-0.4, -0.2) is 33.6 Å². The molecule has 0 radical (unpaired) electrons. The Bertz CT molecular complexity index is 657. The van der Waals surface area contributed by atoms with Crippen LogP contribution in [-0.2, 0) is 0 Å². The number of carbonyl (C=O) groups is 1. The number of hydrogen-bond donors (Lipinski definition) is 3. The van der Waals surface area contributed by atoms with Crippen molar-refractivity contribution in [1.82, 2.24) is 15.1 Å². The first-order valence-electron chi connectivity index (χ1n) is 7.00. The quantitative estimate of drug-likeness (QED) is 0.792. The summed E-state index contributed by atoms with van der Waals surface area (Å²) in [5, 5.41) is 19.2. The average molecular weight is 323 g/mol. The molecule has 1 aromatic heterocycles. The van der Waals surface area contributed by atoms with E-state index in [0.29, 0.717) is 17.3 Å².